The second-order valence-corrected chi connectivity index (χ2v) is 4.36. The summed E-state index contributed by atoms with van der Waals surface area (Å²) >= 11 is 0. The van der Waals surface area contributed by atoms with Crippen LogP contribution >= 0.6 is 0 Å². The maximum absolute atomic E-state index is 5.11. The summed E-state index contributed by atoms with van der Waals surface area (Å²) in [4.78, 5) is 4.70. The van der Waals surface area contributed by atoms with Gasteiger partial charge in [-0.1, -0.05) is 6.92 Å². The SMILES string of the molecule is Cc1nn(C(C)C)c(C)c1C(C)CON. The first-order chi connectivity index (χ1) is 6.99. The predicted molar refractivity (Wildman–Crippen MR) is 60.6 cm³/mol. The van der Waals surface area contributed by atoms with Gasteiger partial charge < -0.3 is 4.84 Å². The summed E-state index contributed by atoms with van der Waals surface area (Å²) in [6.45, 7) is 11.0. The molecule has 0 aliphatic carbocycles. The number of aryl methyl sites for hydroxylation is 1. The number of hydrogen-bond acceptors (Lipinski definition) is 3. The maximum atomic E-state index is 5.11. The topological polar surface area (TPSA) is 53.1 Å². The summed E-state index contributed by atoms with van der Waals surface area (Å²) in [5, 5.41) is 4.53. The van der Waals surface area contributed by atoms with Gasteiger partial charge in [-0.2, -0.15) is 5.10 Å². The van der Waals surface area contributed by atoms with Gasteiger partial charge in [0, 0.05) is 23.2 Å². The molecule has 0 amide bonds. The van der Waals surface area contributed by atoms with Crippen molar-refractivity contribution in [3.63, 3.8) is 0 Å². The zero-order valence-corrected chi connectivity index (χ0v) is 10.2. The molecule has 1 unspecified atom stereocenters. The quantitative estimate of drug-likeness (QED) is 0.776. The zero-order chi connectivity index (χ0) is 11.6. The van der Waals surface area contributed by atoms with Crippen molar-refractivity contribution >= 4 is 0 Å². The fourth-order valence-corrected chi connectivity index (χ4v) is 2.12. The van der Waals surface area contributed by atoms with E-state index in [9.17, 15) is 0 Å². The lowest BCUT2D eigenvalue weighted by atomic mass is 10.0. The Morgan fingerprint density at radius 2 is 1.93 bits per heavy atom. The summed E-state index contributed by atoms with van der Waals surface area (Å²) < 4.78 is 2.05. The summed E-state index contributed by atoms with van der Waals surface area (Å²) in [5.41, 5.74) is 3.55. The Morgan fingerprint density at radius 3 is 2.33 bits per heavy atom. The highest BCUT2D eigenvalue weighted by molar-refractivity contribution is 5.28. The smallest absolute Gasteiger partial charge is 0.0746 e. The number of aromatic nitrogens is 2. The van der Waals surface area contributed by atoms with Crippen LogP contribution in [0.15, 0.2) is 0 Å². The normalized spacial score (nSPS) is 13.5. The number of rotatable bonds is 4. The highest BCUT2D eigenvalue weighted by atomic mass is 16.6. The van der Waals surface area contributed by atoms with E-state index >= 15 is 0 Å². The summed E-state index contributed by atoms with van der Waals surface area (Å²) in [7, 11) is 0. The second-order valence-electron chi connectivity index (χ2n) is 4.36. The van der Waals surface area contributed by atoms with Gasteiger partial charge in [0.05, 0.1) is 12.3 Å². The third-order valence-electron chi connectivity index (χ3n) is 2.71. The van der Waals surface area contributed by atoms with Gasteiger partial charge in [-0.3, -0.25) is 4.68 Å². The van der Waals surface area contributed by atoms with E-state index in [-0.39, 0.29) is 0 Å². The van der Waals surface area contributed by atoms with Crippen LogP contribution < -0.4 is 5.90 Å². The minimum atomic E-state index is 0.294. The van der Waals surface area contributed by atoms with Crippen molar-refractivity contribution in [1.82, 2.24) is 9.78 Å². The van der Waals surface area contributed by atoms with Crippen LogP contribution in [-0.2, 0) is 4.84 Å². The summed E-state index contributed by atoms with van der Waals surface area (Å²) in [6.07, 6.45) is 0. The third kappa shape index (κ3) is 2.38. The molecule has 0 aliphatic heterocycles. The molecule has 15 heavy (non-hydrogen) atoms. The first kappa shape index (κ1) is 12.2. The van der Waals surface area contributed by atoms with E-state index in [1.807, 2.05) is 6.92 Å². The molecule has 0 radical (unpaired) electrons. The van der Waals surface area contributed by atoms with E-state index in [0.717, 1.165) is 5.69 Å². The van der Waals surface area contributed by atoms with Crippen LogP contribution in [0, 0.1) is 13.8 Å². The van der Waals surface area contributed by atoms with Crippen molar-refractivity contribution in [1.29, 1.82) is 0 Å². The minimum absolute atomic E-state index is 0.294. The van der Waals surface area contributed by atoms with Gasteiger partial charge in [0.1, 0.15) is 0 Å². The molecular weight excluding hydrogens is 190 g/mol. The summed E-state index contributed by atoms with van der Waals surface area (Å²) in [5.74, 6) is 5.40. The van der Waals surface area contributed by atoms with Crippen molar-refractivity contribution in [3.8, 4) is 0 Å². The van der Waals surface area contributed by atoms with Gasteiger partial charge in [0.15, 0.2) is 0 Å². The van der Waals surface area contributed by atoms with E-state index in [2.05, 4.69) is 37.5 Å². The Balaban J connectivity index is 3.07. The van der Waals surface area contributed by atoms with E-state index in [1.54, 1.807) is 0 Å². The molecule has 0 saturated carbocycles. The molecule has 0 aliphatic rings. The summed E-state index contributed by atoms with van der Waals surface area (Å²) in [6, 6.07) is 0.392. The monoisotopic (exact) mass is 211 g/mol. The Bertz CT molecular complexity index is 331. The van der Waals surface area contributed by atoms with Crippen molar-refractivity contribution < 1.29 is 4.84 Å². The largest absolute Gasteiger partial charge is 0.304 e. The molecule has 0 aromatic carbocycles. The van der Waals surface area contributed by atoms with Crippen LogP contribution in [-0.4, -0.2) is 16.4 Å². The fourth-order valence-electron chi connectivity index (χ4n) is 2.12. The maximum Gasteiger partial charge on any atom is 0.0746 e. The van der Waals surface area contributed by atoms with Crippen LogP contribution in [0.5, 0.6) is 0 Å². The lowest BCUT2D eigenvalue weighted by Gasteiger charge is -2.12. The van der Waals surface area contributed by atoms with Gasteiger partial charge in [0.25, 0.3) is 0 Å². The third-order valence-corrected chi connectivity index (χ3v) is 2.71. The molecule has 1 aromatic rings. The van der Waals surface area contributed by atoms with Crippen LogP contribution in [0.4, 0.5) is 0 Å². The lowest BCUT2D eigenvalue weighted by Crippen LogP contribution is -2.11. The predicted octanol–water partition coefficient (Wildman–Crippen LogP) is 2.07. The van der Waals surface area contributed by atoms with Crippen LogP contribution in [0.1, 0.15) is 49.7 Å². The molecule has 2 N–H and O–H groups in total. The van der Waals surface area contributed by atoms with Gasteiger partial charge in [-0.25, -0.2) is 5.90 Å². The highest BCUT2D eigenvalue weighted by Crippen LogP contribution is 2.25. The van der Waals surface area contributed by atoms with E-state index in [4.69, 9.17) is 10.7 Å². The van der Waals surface area contributed by atoms with Crippen LogP contribution in [0.2, 0.25) is 0 Å². The van der Waals surface area contributed by atoms with Gasteiger partial charge >= 0.3 is 0 Å². The zero-order valence-electron chi connectivity index (χ0n) is 10.2. The van der Waals surface area contributed by atoms with Gasteiger partial charge in [0.2, 0.25) is 0 Å². The van der Waals surface area contributed by atoms with Crippen molar-refractivity contribution in [2.45, 2.75) is 46.6 Å². The first-order valence-corrected chi connectivity index (χ1v) is 5.36. The minimum Gasteiger partial charge on any atom is -0.304 e. The van der Waals surface area contributed by atoms with Crippen LogP contribution in [0.3, 0.4) is 0 Å². The van der Waals surface area contributed by atoms with E-state index in [0.29, 0.717) is 18.6 Å². The van der Waals surface area contributed by atoms with Crippen molar-refractivity contribution in [2.24, 2.45) is 5.90 Å². The Labute approximate surface area is 91.4 Å². The molecular formula is C11H21N3O. The van der Waals surface area contributed by atoms with Crippen molar-refractivity contribution in [3.05, 3.63) is 17.0 Å². The average Bonchev–Trinajstić information content (AvgIpc) is 2.42. The Kier molecular flexibility index (Phi) is 3.88. The van der Waals surface area contributed by atoms with Gasteiger partial charge in [-0.05, 0) is 27.7 Å². The standard InChI is InChI=1S/C11H21N3O/c1-7(2)14-10(5)11(9(4)13-14)8(3)6-15-12/h7-8H,6,12H2,1-5H3. The molecule has 4 nitrogen and oxygen atoms in total. The first-order valence-electron chi connectivity index (χ1n) is 5.36. The highest BCUT2D eigenvalue weighted by Gasteiger charge is 2.18. The molecule has 0 fully saturated rings. The molecule has 1 aromatic heterocycles. The molecule has 1 atom stereocenters. The lowest BCUT2D eigenvalue weighted by molar-refractivity contribution is 0.126. The molecule has 4 heteroatoms. The number of nitrogens with two attached hydrogens (primary N) is 1. The van der Waals surface area contributed by atoms with Crippen LogP contribution in [0.25, 0.3) is 0 Å². The molecule has 0 spiro atoms. The molecule has 1 rings (SSSR count). The number of hydrogen-bond donors (Lipinski definition) is 1. The number of nitrogens with zero attached hydrogens (tertiary/aromatic N) is 2. The van der Waals surface area contributed by atoms with Gasteiger partial charge in [-0.15, -0.1) is 0 Å². The van der Waals surface area contributed by atoms with E-state index in [1.165, 1.54) is 11.3 Å². The second kappa shape index (κ2) is 4.77. The molecule has 0 bridgehead atoms. The van der Waals surface area contributed by atoms with E-state index < -0.39 is 0 Å². The van der Waals surface area contributed by atoms with Crippen molar-refractivity contribution in [2.75, 3.05) is 6.61 Å². The fraction of sp³-hybridized carbons (Fsp3) is 0.727. The Hall–Kier alpha value is -0.870. The molecule has 0 saturated heterocycles. The molecule has 86 valence electrons. The average molecular weight is 211 g/mol. The molecule has 1 heterocycles. The Morgan fingerprint density at radius 1 is 1.33 bits per heavy atom.